The van der Waals surface area contributed by atoms with Crippen LogP contribution in [-0.4, -0.2) is 20.9 Å². The van der Waals surface area contributed by atoms with Gasteiger partial charge in [0.05, 0.1) is 27.6 Å². The number of carbonyl (C=O) groups is 1. The second kappa shape index (κ2) is 6.46. The van der Waals surface area contributed by atoms with Crippen LogP contribution in [-0.2, 0) is 11.8 Å². The number of aryl methyl sites for hydroxylation is 2. The lowest BCUT2D eigenvalue weighted by molar-refractivity contribution is -0.115. The number of nitrogens with one attached hydrogen (secondary N) is 1. The topological polar surface area (TPSA) is 70.7 Å². The molecule has 2 aromatic rings. The summed E-state index contributed by atoms with van der Waals surface area (Å²) in [6.07, 6.45) is 0. The van der Waals surface area contributed by atoms with Crippen molar-refractivity contribution in [2.24, 2.45) is 7.05 Å². The van der Waals surface area contributed by atoms with Gasteiger partial charge < -0.3 is 5.32 Å². The zero-order valence-electron chi connectivity index (χ0n) is 12.1. The summed E-state index contributed by atoms with van der Waals surface area (Å²) in [5.41, 5.74) is 2.19. The first-order chi connectivity index (χ1) is 9.99. The summed E-state index contributed by atoms with van der Waals surface area (Å²) in [6.45, 7) is 3.78. The van der Waals surface area contributed by atoms with E-state index in [1.165, 1.54) is 11.8 Å². The van der Waals surface area contributed by atoms with Crippen LogP contribution in [0, 0.1) is 18.3 Å². The molecule has 0 bridgehead atoms. The number of amides is 1. The number of hydrogen-bond donors (Lipinski definition) is 1. The highest BCUT2D eigenvalue weighted by molar-refractivity contribution is 8.00. The van der Waals surface area contributed by atoms with Crippen molar-refractivity contribution in [2.45, 2.75) is 24.1 Å². The monoisotopic (exact) mass is 300 g/mol. The van der Waals surface area contributed by atoms with Crippen molar-refractivity contribution in [3.05, 3.63) is 41.6 Å². The zero-order valence-corrected chi connectivity index (χ0v) is 12.9. The Bertz CT molecular complexity index is 685. The third-order valence-corrected chi connectivity index (χ3v) is 4.10. The second-order valence-corrected chi connectivity index (χ2v) is 6.05. The van der Waals surface area contributed by atoms with Crippen molar-refractivity contribution >= 4 is 23.4 Å². The first-order valence-corrected chi connectivity index (χ1v) is 7.36. The summed E-state index contributed by atoms with van der Waals surface area (Å²) in [5.74, 6) is -0.0800. The molecule has 21 heavy (non-hydrogen) atoms. The van der Waals surface area contributed by atoms with Gasteiger partial charge in [-0.1, -0.05) is 11.8 Å². The maximum absolute atomic E-state index is 12.2. The molecule has 2 rings (SSSR count). The third-order valence-electron chi connectivity index (χ3n) is 2.91. The number of benzene rings is 1. The van der Waals surface area contributed by atoms with E-state index in [0.717, 1.165) is 10.7 Å². The molecule has 1 aromatic carbocycles. The summed E-state index contributed by atoms with van der Waals surface area (Å²) < 4.78 is 1.77. The van der Waals surface area contributed by atoms with Crippen LogP contribution >= 0.6 is 11.8 Å². The Kier molecular flexibility index (Phi) is 4.66. The predicted octanol–water partition coefficient (Wildman–Crippen LogP) is 2.72. The summed E-state index contributed by atoms with van der Waals surface area (Å²) in [6, 6.07) is 10.8. The lowest BCUT2D eigenvalue weighted by Gasteiger charge is -2.12. The van der Waals surface area contributed by atoms with E-state index in [-0.39, 0.29) is 11.2 Å². The predicted molar refractivity (Wildman–Crippen MR) is 83.1 cm³/mol. The quantitative estimate of drug-likeness (QED) is 0.881. The van der Waals surface area contributed by atoms with Crippen LogP contribution in [0.3, 0.4) is 0 Å². The fourth-order valence-electron chi connectivity index (χ4n) is 1.80. The molecule has 1 N–H and O–H groups in total. The van der Waals surface area contributed by atoms with Crippen LogP contribution in [0.15, 0.2) is 35.4 Å². The van der Waals surface area contributed by atoms with E-state index in [2.05, 4.69) is 10.4 Å². The fraction of sp³-hybridized carbons (Fsp3) is 0.267. The number of hydrogen-bond acceptors (Lipinski definition) is 4. The molecule has 108 valence electrons. The molecule has 1 heterocycles. The highest BCUT2D eigenvalue weighted by Crippen LogP contribution is 2.24. The average Bonchev–Trinajstić information content (AvgIpc) is 2.77. The van der Waals surface area contributed by atoms with Crippen molar-refractivity contribution in [1.82, 2.24) is 9.78 Å². The second-order valence-electron chi connectivity index (χ2n) is 4.69. The summed E-state index contributed by atoms with van der Waals surface area (Å²) in [5, 5.41) is 16.6. The van der Waals surface area contributed by atoms with Gasteiger partial charge in [0.2, 0.25) is 5.91 Å². The molecule has 1 aromatic heterocycles. The molecule has 0 aliphatic carbocycles. The fourth-order valence-corrected chi connectivity index (χ4v) is 2.76. The van der Waals surface area contributed by atoms with Gasteiger partial charge in [0.25, 0.3) is 0 Å². The number of carbonyl (C=O) groups excluding carboxylic acids is 1. The summed E-state index contributed by atoms with van der Waals surface area (Å²) >= 11 is 1.46. The minimum absolute atomic E-state index is 0.0800. The van der Waals surface area contributed by atoms with E-state index in [1.54, 1.807) is 28.9 Å². The van der Waals surface area contributed by atoms with Gasteiger partial charge in [-0.15, -0.1) is 0 Å². The molecule has 0 radical (unpaired) electrons. The van der Waals surface area contributed by atoms with E-state index in [1.807, 2.05) is 33.0 Å². The van der Waals surface area contributed by atoms with Crippen LogP contribution in [0.1, 0.15) is 18.2 Å². The van der Waals surface area contributed by atoms with Gasteiger partial charge in [-0.2, -0.15) is 10.4 Å². The minimum Gasteiger partial charge on any atom is -0.325 e. The smallest absolute Gasteiger partial charge is 0.237 e. The van der Waals surface area contributed by atoms with Gasteiger partial charge >= 0.3 is 0 Å². The zero-order chi connectivity index (χ0) is 15.4. The Hall–Kier alpha value is -2.26. The molecule has 5 nitrogen and oxygen atoms in total. The van der Waals surface area contributed by atoms with E-state index >= 15 is 0 Å². The lowest BCUT2D eigenvalue weighted by Crippen LogP contribution is -2.22. The van der Waals surface area contributed by atoms with E-state index in [9.17, 15) is 4.79 Å². The van der Waals surface area contributed by atoms with Gasteiger partial charge in [0, 0.05) is 12.7 Å². The van der Waals surface area contributed by atoms with Crippen molar-refractivity contribution < 1.29 is 4.79 Å². The Morgan fingerprint density at radius 3 is 2.62 bits per heavy atom. The highest BCUT2D eigenvalue weighted by Gasteiger charge is 2.16. The Morgan fingerprint density at radius 1 is 1.43 bits per heavy atom. The third kappa shape index (κ3) is 3.86. The number of aromatic nitrogens is 2. The standard InChI is InChI=1S/C15H16N4OS/c1-10-8-14(19(3)18-10)21-11(2)15(20)17-13-6-4-12(9-16)5-7-13/h4-8,11H,1-3H3,(H,17,20). The maximum Gasteiger partial charge on any atom is 0.237 e. The maximum atomic E-state index is 12.2. The lowest BCUT2D eigenvalue weighted by atomic mass is 10.2. The van der Waals surface area contributed by atoms with Gasteiger partial charge in [0.1, 0.15) is 0 Å². The van der Waals surface area contributed by atoms with Gasteiger partial charge in [-0.3, -0.25) is 9.48 Å². The number of anilines is 1. The van der Waals surface area contributed by atoms with Crippen LogP contribution in [0.25, 0.3) is 0 Å². The van der Waals surface area contributed by atoms with E-state index in [4.69, 9.17) is 5.26 Å². The molecule has 0 fully saturated rings. The van der Waals surface area contributed by atoms with E-state index in [0.29, 0.717) is 11.3 Å². The van der Waals surface area contributed by atoms with Gasteiger partial charge in [-0.05, 0) is 44.2 Å². The molecule has 0 saturated heterocycles. The van der Waals surface area contributed by atoms with Crippen molar-refractivity contribution in [1.29, 1.82) is 5.26 Å². The first kappa shape index (κ1) is 15.1. The molecular formula is C15H16N4OS. The van der Waals surface area contributed by atoms with Crippen molar-refractivity contribution in [2.75, 3.05) is 5.32 Å². The van der Waals surface area contributed by atoms with Crippen LogP contribution < -0.4 is 5.32 Å². The Morgan fingerprint density at radius 2 is 2.10 bits per heavy atom. The van der Waals surface area contributed by atoms with Crippen LogP contribution in [0.4, 0.5) is 5.69 Å². The SMILES string of the molecule is Cc1cc(SC(C)C(=O)Nc2ccc(C#N)cc2)n(C)n1. The number of thioether (sulfide) groups is 1. The van der Waals surface area contributed by atoms with E-state index < -0.39 is 0 Å². The van der Waals surface area contributed by atoms with Crippen molar-refractivity contribution in [3.8, 4) is 6.07 Å². The molecule has 0 aliphatic rings. The Labute approximate surface area is 128 Å². The van der Waals surface area contributed by atoms with Crippen LogP contribution in [0.2, 0.25) is 0 Å². The van der Waals surface area contributed by atoms with Gasteiger partial charge in [-0.25, -0.2) is 0 Å². The van der Waals surface area contributed by atoms with Crippen molar-refractivity contribution in [3.63, 3.8) is 0 Å². The number of rotatable bonds is 4. The summed E-state index contributed by atoms with van der Waals surface area (Å²) in [7, 11) is 1.86. The molecular weight excluding hydrogens is 284 g/mol. The molecule has 1 amide bonds. The molecule has 6 heteroatoms. The molecule has 0 aliphatic heterocycles. The number of nitrogens with zero attached hydrogens (tertiary/aromatic N) is 3. The number of nitriles is 1. The molecule has 1 atom stereocenters. The highest BCUT2D eigenvalue weighted by atomic mass is 32.2. The molecule has 0 spiro atoms. The minimum atomic E-state index is -0.240. The average molecular weight is 300 g/mol. The van der Waals surface area contributed by atoms with Gasteiger partial charge in [0.15, 0.2) is 0 Å². The molecule has 1 unspecified atom stereocenters. The van der Waals surface area contributed by atoms with Crippen LogP contribution in [0.5, 0.6) is 0 Å². The Balaban J connectivity index is 1.99. The molecule has 0 saturated carbocycles. The largest absolute Gasteiger partial charge is 0.325 e. The summed E-state index contributed by atoms with van der Waals surface area (Å²) in [4.78, 5) is 12.2. The normalized spacial score (nSPS) is 11.7. The first-order valence-electron chi connectivity index (χ1n) is 6.48.